The zero-order valence-corrected chi connectivity index (χ0v) is 21.6. The molecule has 0 radical (unpaired) electrons. The molecule has 0 saturated carbocycles. The first-order valence-electron chi connectivity index (χ1n) is 11.6. The largest absolute Gasteiger partial charge is 0.507 e. The van der Waals surface area contributed by atoms with E-state index in [0.29, 0.717) is 29.1 Å². The number of nitrogens with one attached hydrogen (secondary N) is 1. The van der Waals surface area contributed by atoms with Gasteiger partial charge in [0.05, 0.1) is 13.3 Å². The lowest BCUT2D eigenvalue weighted by molar-refractivity contribution is -0.122. The van der Waals surface area contributed by atoms with Crippen LogP contribution in [-0.2, 0) is 4.79 Å². The number of piperidine rings is 1. The summed E-state index contributed by atoms with van der Waals surface area (Å²) in [4.78, 5) is 19.2. The van der Waals surface area contributed by atoms with E-state index in [1.165, 1.54) is 0 Å². The number of methoxy groups -OCH3 is 1. The van der Waals surface area contributed by atoms with Gasteiger partial charge in [-0.05, 0) is 69.9 Å². The number of ether oxygens (including phenoxy) is 1. The van der Waals surface area contributed by atoms with Crippen molar-refractivity contribution in [2.45, 2.75) is 57.7 Å². The molecule has 3 N–H and O–H groups in total. The molecule has 192 valence electrons. The van der Waals surface area contributed by atoms with Gasteiger partial charge in [-0.15, -0.1) is 10.2 Å². The first kappa shape index (κ1) is 26.8. The maximum atomic E-state index is 10.7. The van der Waals surface area contributed by atoms with Crippen LogP contribution < -0.4 is 15.0 Å². The Kier molecular flexibility index (Phi) is 8.09. The topological polar surface area (TPSA) is 134 Å². The Morgan fingerprint density at radius 2 is 1.69 bits per heavy atom. The van der Waals surface area contributed by atoms with Gasteiger partial charge in [-0.2, -0.15) is 0 Å². The number of rotatable bonds is 5. The molecule has 0 atom stereocenters. The molecule has 10 heteroatoms. The van der Waals surface area contributed by atoms with E-state index in [4.69, 9.17) is 14.6 Å². The van der Waals surface area contributed by atoms with E-state index in [0.717, 1.165) is 24.0 Å². The minimum Gasteiger partial charge on any atom is -0.507 e. The Morgan fingerprint density at radius 3 is 2.25 bits per heavy atom. The van der Waals surface area contributed by atoms with E-state index in [1.54, 1.807) is 25.6 Å². The SMILES string of the molecule is COc1cc(-c2ccc(-c3cnc(N(C)C4CC(C)(C)NC(C)(C)C4)nn3)c(O)c2)ccn1.O=CO. The summed E-state index contributed by atoms with van der Waals surface area (Å²) in [5.74, 6) is 1.21. The van der Waals surface area contributed by atoms with E-state index in [2.05, 4.69) is 58.1 Å². The van der Waals surface area contributed by atoms with Crippen molar-refractivity contribution in [3.05, 3.63) is 42.7 Å². The molecular formula is C26H34N6O4. The van der Waals surface area contributed by atoms with Crippen LogP contribution >= 0.6 is 0 Å². The van der Waals surface area contributed by atoms with Crippen molar-refractivity contribution in [3.63, 3.8) is 0 Å². The second-order valence-corrected chi connectivity index (χ2v) is 10.1. The van der Waals surface area contributed by atoms with Crippen molar-refractivity contribution < 1.29 is 19.7 Å². The van der Waals surface area contributed by atoms with Gasteiger partial charge < -0.3 is 25.2 Å². The molecular weight excluding hydrogens is 460 g/mol. The minimum absolute atomic E-state index is 0.0282. The molecule has 0 unspecified atom stereocenters. The van der Waals surface area contributed by atoms with Gasteiger partial charge in [-0.3, -0.25) is 4.79 Å². The molecule has 2 aromatic heterocycles. The highest BCUT2D eigenvalue weighted by atomic mass is 16.5. The highest BCUT2D eigenvalue weighted by Gasteiger charge is 2.39. The molecule has 4 rings (SSSR count). The number of carbonyl (C=O) groups is 1. The van der Waals surface area contributed by atoms with Crippen LogP contribution in [0.3, 0.4) is 0 Å². The third kappa shape index (κ3) is 6.45. The Bertz CT molecular complexity index is 1170. The van der Waals surface area contributed by atoms with E-state index in [1.807, 2.05) is 31.3 Å². The molecule has 1 aliphatic rings. The van der Waals surface area contributed by atoms with Crippen LogP contribution in [0.1, 0.15) is 40.5 Å². The lowest BCUT2D eigenvalue weighted by atomic mass is 9.79. The van der Waals surface area contributed by atoms with Gasteiger partial charge in [0.2, 0.25) is 11.8 Å². The number of carboxylic acid groups (broad SMARTS) is 1. The lowest BCUT2D eigenvalue weighted by Crippen LogP contribution is -2.62. The standard InChI is InChI=1S/C25H32N6O2.CH2O2/c1-24(2)13-18(14-25(3,4)30-24)31(5)23-27-15-20(28-29-23)19-8-7-16(11-21(19)32)17-9-10-26-22(12-17)33-6;2-1-3/h7-12,15,18,30,32H,13-14H2,1-6H3;1H,(H,2,3). The van der Waals surface area contributed by atoms with Crippen molar-refractivity contribution in [1.82, 2.24) is 25.5 Å². The lowest BCUT2D eigenvalue weighted by Gasteiger charge is -2.48. The maximum Gasteiger partial charge on any atom is 0.290 e. The number of aromatic hydroxyl groups is 1. The van der Waals surface area contributed by atoms with E-state index in [9.17, 15) is 5.11 Å². The second-order valence-electron chi connectivity index (χ2n) is 10.1. The van der Waals surface area contributed by atoms with Gasteiger partial charge in [0.25, 0.3) is 6.47 Å². The summed E-state index contributed by atoms with van der Waals surface area (Å²) in [6.45, 7) is 8.66. The van der Waals surface area contributed by atoms with E-state index < -0.39 is 0 Å². The summed E-state index contributed by atoms with van der Waals surface area (Å²) in [5.41, 5.74) is 2.91. The highest BCUT2D eigenvalue weighted by Crippen LogP contribution is 2.34. The molecule has 3 aromatic rings. The Labute approximate surface area is 211 Å². The van der Waals surface area contributed by atoms with Crippen LogP contribution in [0.4, 0.5) is 5.95 Å². The van der Waals surface area contributed by atoms with Gasteiger partial charge in [-0.25, -0.2) is 9.97 Å². The van der Waals surface area contributed by atoms with Crippen molar-refractivity contribution in [2.75, 3.05) is 19.1 Å². The predicted octanol–water partition coefficient (Wildman–Crippen LogP) is 3.76. The quantitative estimate of drug-likeness (QED) is 0.450. The molecule has 0 bridgehead atoms. The summed E-state index contributed by atoms with van der Waals surface area (Å²) in [7, 11) is 3.60. The number of anilines is 1. The first-order chi connectivity index (χ1) is 17.0. The monoisotopic (exact) mass is 494 g/mol. The summed E-state index contributed by atoms with van der Waals surface area (Å²) in [5, 5.41) is 30.0. The maximum absolute atomic E-state index is 10.7. The zero-order chi connectivity index (χ0) is 26.5. The third-order valence-electron chi connectivity index (χ3n) is 6.13. The number of benzene rings is 1. The molecule has 1 saturated heterocycles. The molecule has 1 aliphatic heterocycles. The van der Waals surface area contributed by atoms with E-state index >= 15 is 0 Å². The highest BCUT2D eigenvalue weighted by molar-refractivity contribution is 5.74. The van der Waals surface area contributed by atoms with Crippen molar-refractivity contribution in [1.29, 1.82) is 0 Å². The fourth-order valence-electron chi connectivity index (χ4n) is 4.89. The molecule has 0 aliphatic carbocycles. The average molecular weight is 495 g/mol. The number of aromatic nitrogens is 4. The van der Waals surface area contributed by atoms with Crippen molar-refractivity contribution in [2.24, 2.45) is 0 Å². The minimum atomic E-state index is -0.250. The Hall–Kier alpha value is -3.79. The average Bonchev–Trinajstić information content (AvgIpc) is 2.82. The van der Waals surface area contributed by atoms with Crippen LogP contribution in [0.2, 0.25) is 0 Å². The first-order valence-corrected chi connectivity index (χ1v) is 11.6. The van der Waals surface area contributed by atoms with Crippen LogP contribution in [0.5, 0.6) is 11.6 Å². The summed E-state index contributed by atoms with van der Waals surface area (Å²) < 4.78 is 5.19. The van der Waals surface area contributed by atoms with Crippen molar-refractivity contribution >= 4 is 12.4 Å². The molecule has 0 amide bonds. The Balaban J connectivity index is 0.00000115. The summed E-state index contributed by atoms with van der Waals surface area (Å²) >= 11 is 0. The summed E-state index contributed by atoms with van der Waals surface area (Å²) in [6, 6.07) is 9.44. The number of hydrogen-bond acceptors (Lipinski definition) is 9. The molecule has 1 fully saturated rings. The molecule has 36 heavy (non-hydrogen) atoms. The third-order valence-corrected chi connectivity index (χ3v) is 6.13. The van der Waals surface area contributed by atoms with Gasteiger partial charge in [0.15, 0.2) is 0 Å². The molecule has 0 spiro atoms. The smallest absolute Gasteiger partial charge is 0.290 e. The number of nitrogens with zero attached hydrogens (tertiary/aromatic N) is 5. The van der Waals surface area contributed by atoms with Gasteiger partial charge in [0.1, 0.15) is 11.4 Å². The Morgan fingerprint density at radius 1 is 1.06 bits per heavy atom. The molecule has 1 aromatic carbocycles. The van der Waals surface area contributed by atoms with Crippen molar-refractivity contribution in [3.8, 4) is 34.0 Å². The van der Waals surface area contributed by atoms with Gasteiger partial charge in [0, 0.05) is 42.0 Å². The summed E-state index contributed by atoms with van der Waals surface area (Å²) in [6.07, 6.45) is 5.31. The predicted molar refractivity (Wildman–Crippen MR) is 138 cm³/mol. The van der Waals surface area contributed by atoms with Gasteiger partial charge >= 0.3 is 0 Å². The normalized spacial score (nSPS) is 16.4. The molecule has 10 nitrogen and oxygen atoms in total. The molecule has 3 heterocycles. The number of phenols is 1. The van der Waals surface area contributed by atoms with E-state index in [-0.39, 0.29) is 23.3 Å². The van der Waals surface area contributed by atoms with Crippen LogP contribution in [-0.4, -0.2) is 68.1 Å². The van der Waals surface area contributed by atoms with Crippen LogP contribution in [0.25, 0.3) is 22.4 Å². The fraction of sp³-hybridized carbons (Fsp3) is 0.423. The van der Waals surface area contributed by atoms with Gasteiger partial charge in [-0.1, -0.05) is 6.07 Å². The number of pyridine rings is 1. The fourth-order valence-corrected chi connectivity index (χ4v) is 4.89. The second kappa shape index (κ2) is 10.9. The van der Waals surface area contributed by atoms with Crippen LogP contribution in [0, 0.1) is 0 Å². The number of hydrogen-bond donors (Lipinski definition) is 3. The number of phenolic OH excluding ortho intramolecular Hbond substituents is 1. The zero-order valence-electron chi connectivity index (χ0n) is 21.6. The van der Waals surface area contributed by atoms with Crippen LogP contribution in [0.15, 0.2) is 42.7 Å².